The van der Waals surface area contributed by atoms with Crippen molar-refractivity contribution in [1.29, 1.82) is 0 Å². The number of rotatable bonds is 4. The first kappa shape index (κ1) is 13.3. The van der Waals surface area contributed by atoms with Crippen molar-refractivity contribution in [2.24, 2.45) is 5.92 Å². The molecule has 0 aromatic heterocycles. The van der Waals surface area contributed by atoms with Crippen LogP contribution in [0.2, 0.25) is 10.0 Å². The lowest BCUT2D eigenvalue weighted by molar-refractivity contribution is 0.0209. The first-order chi connectivity index (χ1) is 7.52. The van der Waals surface area contributed by atoms with Gasteiger partial charge in [0.15, 0.2) is 0 Å². The molecule has 1 aromatic carbocycles. The molecule has 1 N–H and O–H groups in total. The summed E-state index contributed by atoms with van der Waals surface area (Å²) in [6.45, 7) is 4.42. The van der Waals surface area contributed by atoms with E-state index in [4.69, 9.17) is 28.0 Å². The van der Waals surface area contributed by atoms with Crippen molar-refractivity contribution in [1.82, 2.24) is 5.48 Å². The van der Waals surface area contributed by atoms with E-state index in [1.165, 1.54) is 0 Å². The van der Waals surface area contributed by atoms with Gasteiger partial charge in [-0.1, -0.05) is 43.1 Å². The smallest absolute Gasteiger partial charge is 0.273 e. The largest absolute Gasteiger partial charge is 0.276 e. The lowest BCUT2D eigenvalue weighted by Crippen LogP contribution is -2.25. The molecule has 3 nitrogen and oxygen atoms in total. The van der Waals surface area contributed by atoms with Gasteiger partial charge in [0.25, 0.3) is 5.91 Å². The summed E-state index contributed by atoms with van der Waals surface area (Å²) in [7, 11) is 0. The van der Waals surface area contributed by atoms with Crippen LogP contribution in [0.1, 0.15) is 24.2 Å². The van der Waals surface area contributed by atoms with Gasteiger partial charge >= 0.3 is 0 Å². The molecular formula is C11H13Cl2NO2. The van der Waals surface area contributed by atoms with Gasteiger partial charge in [-0.05, 0) is 18.1 Å². The fraction of sp³-hybridized carbons (Fsp3) is 0.364. The number of nitrogens with one attached hydrogen (secondary N) is 1. The maximum atomic E-state index is 11.6. The molecule has 0 aliphatic heterocycles. The normalized spacial score (nSPS) is 10.6. The molecule has 0 heterocycles. The molecule has 0 atom stereocenters. The number of hydroxylamine groups is 1. The third-order valence-electron chi connectivity index (χ3n) is 1.78. The molecule has 5 heteroatoms. The van der Waals surface area contributed by atoms with Gasteiger partial charge < -0.3 is 0 Å². The predicted molar refractivity (Wildman–Crippen MR) is 64.7 cm³/mol. The summed E-state index contributed by atoms with van der Waals surface area (Å²) in [6.07, 6.45) is 0. The summed E-state index contributed by atoms with van der Waals surface area (Å²) in [5, 5.41) is 0.577. The van der Waals surface area contributed by atoms with Gasteiger partial charge in [0.2, 0.25) is 0 Å². The predicted octanol–water partition coefficient (Wildman–Crippen LogP) is 3.31. The van der Waals surface area contributed by atoms with E-state index < -0.39 is 5.91 Å². The summed E-state index contributed by atoms with van der Waals surface area (Å²) >= 11 is 11.7. The standard InChI is InChI=1S/C11H13Cl2NO2/c1-7(2)6-16-14-11(15)8-4-3-5-9(12)10(8)13/h3-5,7H,6H2,1-2H3,(H,14,15). The lowest BCUT2D eigenvalue weighted by atomic mass is 10.2. The van der Waals surface area contributed by atoms with E-state index in [1.54, 1.807) is 18.2 Å². The van der Waals surface area contributed by atoms with E-state index in [0.29, 0.717) is 23.1 Å². The minimum absolute atomic E-state index is 0.231. The number of carbonyl (C=O) groups is 1. The Hall–Kier alpha value is -0.770. The SMILES string of the molecule is CC(C)CONC(=O)c1cccc(Cl)c1Cl. The van der Waals surface area contributed by atoms with E-state index in [2.05, 4.69) is 5.48 Å². The third kappa shape index (κ3) is 3.67. The molecule has 16 heavy (non-hydrogen) atoms. The van der Waals surface area contributed by atoms with Crippen LogP contribution in [0.4, 0.5) is 0 Å². The number of halogens is 2. The Labute approximate surface area is 105 Å². The van der Waals surface area contributed by atoms with Crippen molar-refractivity contribution in [3.63, 3.8) is 0 Å². The maximum Gasteiger partial charge on any atom is 0.276 e. The molecular weight excluding hydrogens is 249 g/mol. The van der Waals surface area contributed by atoms with Crippen molar-refractivity contribution in [3.8, 4) is 0 Å². The maximum absolute atomic E-state index is 11.6. The second kappa shape index (κ2) is 6.09. The lowest BCUT2D eigenvalue weighted by Gasteiger charge is -2.09. The Morgan fingerprint density at radius 1 is 1.44 bits per heavy atom. The number of hydrogen-bond donors (Lipinski definition) is 1. The molecule has 0 aliphatic carbocycles. The minimum atomic E-state index is -0.395. The highest BCUT2D eigenvalue weighted by molar-refractivity contribution is 6.43. The Morgan fingerprint density at radius 3 is 2.75 bits per heavy atom. The number of carbonyl (C=O) groups excluding carboxylic acids is 1. The van der Waals surface area contributed by atoms with Crippen LogP contribution in [0.3, 0.4) is 0 Å². The van der Waals surface area contributed by atoms with Gasteiger partial charge in [-0.3, -0.25) is 9.63 Å². The van der Waals surface area contributed by atoms with Crippen LogP contribution in [0.15, 0.2) is 18.2 Å². The van der Waals surface area contributed by atoms with Crippen LogP contribution in [-0.4, -0.2) is 12.5 Å². The molecule has 0 spiro atoms. The second-order valence-electron chi connectivity index (χ2n) is 3.74. The third-order valence-corrected chi connectivity index (χ3v) is 2.60. The minimum Gasteiger partial charge on any atom is -0.273 e. The summed E-state index contributed by atoms with van der Waals surface area (Å²) in [6, 6.07) is 4.86. The van der Waals surface area contributed by atoms with Gasteiger partial charge in [0.05, 0.1) is 22.2 Å². The molecule has 0 saturated carbocycles. The Balaban J connectivity index is 2.63. The van der Waals surface area contributed by atoms with E-state index in [9.17, 15) is 4.79 Å². The quantitative estimate of drug-likeness (QED) is 0.845. The summed E-state index contributed by atoms with van der Waals surface area (Å²) < 4.78 is 0. The molecule has 0 fully saturated rings. The second-order valence-corrected chi connectivity index (χ2v) is 4.52. The van der Waals surface area contributed by atoms with E-state index in [-0.39, 0.29) is 5.02 Å². The van der Waals surface area contributed by atoms with Gasteiger partial charge in [-0.2, -0.15) is 0 Å². The number of hydrogen-bond acceptors (Lipinski definition) is 2. The first-order valence-electron chi connectivity index (χ1n) is 4.88. The van der Waals surface area contributed by atoms with Crippen LogP contribution in [0, 0.1) is 5.92 Å². The van der Waals surface area contributed by atoms with E-state index in [0.717, 1.165) is 0 Å². The van der Waals surface area contributed by atoms with Gasteiger partial charge in [-0.25, -0.2) is 5.48 Å². The summed E-state index contributed by atoms with van der Waals surface area (Å²) in [5.74, 6) is -0.0525. The van der Waals surface area contributed by atoms with Crippen LogP contribution in [0.5, 0.6) is 0 Å². The van der Waals surface area contributed by atoms with E-state index in [1.807, 2.05) is 13.8 Å². The molecule has 0 aliphatic rings. The van der Waals surface area contributed by atoms with Gasteiger partial charge in [0, 0.05) is 0 Å². The van der Waals surface area contributed by atoms with Gasteiger partial charge in [-0.15, -0.1) is 0 Å². The Bertz CT molecular complexity index is 380. The molecule has 0 radical (unpaired) electrons. The number of benzene rings is 1. The van der Waals surface area contributed by atoms with Crippen molar-refractivity contribution < 1.29 is 9.63 Å². The molecule has 1 amide bonds. The zero-order valence-electron chi connectivity index (χ0n) is 9.09. The summed E-state index contributed by atoms with van der Waals surface area (Å²) in [4.78, 5) is 16.6. The zero-order chi connectivity index (χ0) is 12.1. The van der Waals surface area contributed by atoms with Crippen LogP contribution < -0.4 is 5.48 Å². The average molecular weight is 262 g/mol. The van der Waals surface area contributed by atoms with E-state index >= 15 is 0 Å². The highest BCUT2D eigenvalue weighted by Gasteiger charge is 2.12. The monoisotopic (exact) mass is 261 g/mol. The average Bonchev–Trinajstić information content (AvgIpc) is 2.21. The summed E-state index contributed by atoms with van der Waals surface area (Å²) in [5.41, 5.74) is 2.62. The molecule has 0 bridgehead atoms. The van der Waals surface area contributed by atoms with Crippen molar-refractivity contribution in [2.45, 2.75) is 13.8 Å². The molecule has 0 saturated heterocycles. The number of amides is 1. The van der Waals surface area contributed by atoms with Crippen LogP contribution in [0.25, 0.3) is 0 Å². The fourth-order valence-corrected chi connectivity index (χ4v) is 1.39. The molecule has 88 valence electrons. The van der Waals surface area contributed by atoms with Crippen LogP contribution >= 0.6 is 23.2 Å². The van der Waals surface area contributed by atoms with Crippen molar-refractivity contribution >= 4 is 29.1 Å². The highest BCUT2D eigenvalue weighted by Crippen LogP contribution is 2.25. The fourth-order valence-electron chi connectivity index (χ4n) is 1.01. The zero-order valence-corrected chi connectivity index (χ0v) is 10.6. The molecule has 1 rings (SSSR count). The Kier molecular flexibility index (Phi) is 5.06. The van der Waals surface area contributed by atoms with Crippen molar-refractivity contribution in [2.75, 3.05) is 6.61 Å². The first-order valence-corrected chi connectivity index (χ1v) is 5.64. The molecule has 1 aromatic rings. The van der Waals surface area contributed by atoms with Crippen molar-refractivity contribution in [3.05, 3.63) is 33.8 Å². The van der Waals surface area contributed by atoms with Gasteiger partial charge in [0.1, 0.15) is 0 Å². The topological polar surface area (TPSA) is 38.3 Å². The van der Waals surface area contributed by atoms with Crippen LogP contribution in [-0.2, 0) is 4.84 Å². The highest BCUT2D eigenvalue weighted by atomic mass is 35.5. The Morgan fingerprint density at radius 2 is 2.12 bits per heavy atom. The molecule has 0 unspecified atom stereocenters.